The molecule has 5 nitrogen and oxygen atoms in total. The molecule has 8 heteroatoms. The molecule has 0 radical (unpaired) electrons. The number of hydrogen-bond donors (Lipinski definition) is 2. The number of nitrogens with one attached hydrogen (secondary N) is 2. The number of nitrogens with zero attached hydrogens (tertiary/aromatic N) is 3. The molecule has 0 bridgehead atoms. The van der Waals surface area contributed by atoms with Crippen LogP contribution >= 0.6 is 0 Å². The lowest BCUT2D eigenvalue weighted by atomic mass is 9.99. The standard InChI is InChI=1S/C28H28F3N5/c1-18(20-7-4-3-5-8-20)34-24-15-22(11-12-33-24)27-26(21-9-6-10-23(14-21)28(29,30)31)35-25(36(27)2)13-19-16-32-17-19/h3-12,14-15,18-19,32H,13,16-17H2,1-2H3,(H,33,34)/t18-/m0/s1. The first-order chi connectivity index (χ1) is 17.3. The predicted octanol–water partition coefficient (Wildman–Crippen LogP) is 6.10. The number of rotatable bonds is 7. The van der Waals surface area contributed by atoms with Crippen molar-refractivity contribution in [3.05, 3.63) is 89.9 Å². The molecule has 1 atom stereocenters. The third kappa shape index (κ3) is 4.99. The molecule has 186 valence electrons. The molecule has 36 heavy (non-hydrogen) atoms. The third-order valence-corrected chi connectivity index (χ3v) is 6.69. The number of imidazole rings is 1. The van der Waals surface area contributed by atoms with Gasteiger partial charge in [0.2, 0.25) is 0 Å². The molecule has 1 aliphatic rings. The summed E-state index contributed by atoms with van der Waals surface area (Å²) in [6, 6.07) is 19.3. The highest BCUT2D eigenvalue weighted by molar-refractivity contribution is 5.80. The molecule has 0 amide bonds. The predicted molar refractivity (Wildman–Crippen MR) is 135 cm³/mol. The van der Waals surface area contributed by atoms with Crippen molar-refractivity contribution in [2.24, 2.45) is 13.0 Å². The van der Waals surface area contributed by atoms with Crippen LogP contribution < -0.4 is 10.6 Å². The van der Waals surface area contributed by atoms with Gasteiger partial charge >= 0.3 is 6.18 Å². The van der Waals surface area contributed by atoms with Crippen molar-refractivity contribution >= 4 is 5.82 Å². The SMILES string of the molecule is C[C@H](Nc1cc(-c2c(-c3cccc(C(F)(F)F)c3)nc(CC3CNC3)n2C)ccn1)c1ccccc1. The second-order valence-electron chi connectivity index (χ2n) is 9.30. The van der Waals surface area contributed by atoms with Crippen molar-refractivity contribution < 1.29 is 13.2 Å². The molecule has 0 unspecified atom stereocenters. The third-order valence-electron chi connectivity index (χ3n) is 6.69. The maximum atomic E-state index is 13.5. The summed E-state index contributed by atoms with van der Waals surface area (Å²) in [5.74, 6) is 2.01. The van der Waals surface area contributed by atoms with Crippen molar-refractivity contribution in [3.8, 4) is 22.5 Å². The second-order valence-corrected chi connectivity index (χ2v) is 9.30. The lowest BCUT2D eigenvalue weighted by molar-refractivity contribution is -0.137. The van der Waals surface area contributed by atoms with Crippen LogP contribution in [0.25, 0.3) is 22.5 Å². The van der Waals surface area contributed by atoms with Crippen LogP contribution in [0, 0.1) is 5.92 Å². The molecule has 1 aliphatic heterocycles. The molecule has 2 N–H and O–H groups in total. The molecule has 0 saturated carbocycles. The Balaban J connectivity index is 1.55. The Hall–Kier alpha value is -3.65. The molecule has 2 aromatic heterocycles. The smallest absolute Gasteiger partial charge is 0.364 e. The lowest BCUT2D eigenvalue weighted by Crippen LogP contribution is -2.43. The Labute approximate surface area is 208 Å². The summed E-state index contributed by atoms with van der Waals surface area (Å²) in [6.45, 7) is 3.90. The minimum atomic E-state index is -4.42. The Morgan fingerprint density at radius 3 is 2.50 bits per heavy atom. The van der Waals surface area contributed by atoms with Crippen LogP contribution in [0.5, 0.6) is 0 Å². The van der Waals surface area contributed by atoms with Crippen molar-refractivity contribution in [1.82, 2.24) is 19.9 Å². The van der Waals surface area contributed by atoms with E-state index in [9.17, 15) is 13.2 Å². The highest BCUT2D eigenvalue weighted by Crippen LogP contribution is 2.37. The fourth-order valence-corrected chi connectivity index (χ4v) is 4.56. The lowest BCUT2D eigenvalue weighted by Gasteiger charge is -2.26. The quantitative estimate of drug-likeness (QED) is 0.328. The number of hydrogen-bond acceptors (Lipinski definition) is 4. The van der Waals surface area contributed by atoms with Crippen molar-refractivity contribution in [2.75, 3.05) is 18.4 Å². The van der Waals surface area contributed by atoms with E-state index in [2.05, 4.69) is 34.7 Å². The van der Waals surface area contributed by atoms with Crippen LogP contribution in [0.3, 0.4) is 0 Å². The minimum Gasteiger partial charge on any atom is -0.364 e. The van der Waals surface area contributed by atoms with E-state index in [0.29, 0.717) is 23.0 Å². The van der Waals surface area contributed by atoms with E-state index in [4.69, 9.17) is 4.98 Å². The zero-order valence-electron chi connectivity index (χ0n) is 20.2. The maximum absolute atomic E-state index is 13.5. The Morgan fingerprint density at radius 2 is 1.81 bits per heavy atom. The number of halogens is 3. The van der Waals surface area contributed by atoms with Gasteiger partial charge in [-0.05, 0) is 55.8 Å². The van der Waals surface area contributed by atoms with E-state index in [-0.39, 0.29) is 6.04 Å². The summed E-state index contributed by atoms with van der Waals surface area (Å²) in [6.07, 6.45) is -1.95. The van der Waals surface area contributed by atoms with Gasteiger partial charge in [0.25, 0.3) is 0 Å². The van der Waals surface area contributed by atoms with E-state index in [1.807, 2.05) is 41.9 Å². The summed E-state index contributed by atoms with van der Waals surface area (Å²) >= 11 is 0. The largest absolute Gasteiger partial charge is 0.416 e. The highest BCUT2D eigenvalue weighted by atomic mass is 19.4. The fourth-order valence-electron chi connectivity index (χ4n) is 4.56. The van der Waals surface area contributed by atoms with Gasteiger partial charge in [0.05, 0.1) is 17.0 Å². The van der Waals surface area contributed by atoms with Crippen LogP contribution in [-0.2, 0) is 19.6 Å². The summed E-state index contributed by atoms with van der Waals surface area (Å²) in [7, 11) is 1.93. The summed E-state index contributed by atoms with van der Waals surface area (Å²) in [5, 5.41) is 6.71. The molecular formula is C28H28F3N5. The van der Waals surface area contributed by atoms with Crippen LogP contribution in [0.4, 0.5) is 19.0 Å². The molecule has 0 spiro atoms. The average Bonchev–Trinajstić information content (AvgIpc) is 3.17. The first kappa shape index (κ1) is 24.1. The van der Waals surface area contributed by atoms with Crippen LogP contribution in [0.1, 0.15) is 29.9 Å². The number of alkyl halides is 3. The average molecular weight is 492 g/mol. The molecule has 5 rings (SSSR count). The Bertz CT molecular complexity index is 1340. The van der Waals surface area contributed by atoms with Gasteiger partial charge in [-0.25, -0.2) is 9.97 Å². The van der Waals surface area contributed by atoms with Gasteiger partial charge in [0.15, 0.2) is 0 Å². The summed E-state index contributed by atoms with van der Waals surface area (Å²) in [5.41, 5.74) is 3.04. The normalized spacial score (nSPS) is 14.9. The van der Waals surface area contributed by atoms with Gasteiger partial charge in [-0.3, -0.25) is 0 Å². The zero-order chi connectivity index (χ0) is 25.3. The van der Waals surface area contributed by atoms with E-state index in [1.165, 1.54) is 12.1 Å². The van der Waals surface area contributed by atoms with Crippen molar-refractivity contribution in [3.63, 3.8) is 0 Å². The molecule has 3 heterocycles. The molecule has 2 aromatic carbocycles. The zero-order valence-corrected chi connectivity index (χ0v) is 20.2. The van der Waals surface area contributed by atoms with Crippen molar-refractivity contribution in [2.45, 2.75) is 25.6 Å². The topological polar surface area (TPSA) is 54.8 Å². The summed E-state index contributed by atoms with van der Waals surface area (Å²) in [4.78, 5) is 9.36. The maximum Gasteiger partial charge on any atom is 0.416 e. The fraction of sp³-hybridized carbons (Fsp3) is 0.286. The number of benzene rings is 2. The molecule has 0 aliphatic carbocycles. The number of aromatic nitrogens is 3. The first-order valence-corrected chi connectivity index (χ1v) is 12.0. The van der Waals surface area contributed by atoms with Gasteiger partial charge in [0.1, 0.15) is 11.6 Å². The molecule has 1 saturated heterocycles. The number of anilines is 1. The molecule has 4 aromatic rings. The first-order valence-electron chi connectivity index (χ1n) is 12.0. The number of pyridine rings is 1. The molecular weight excluding hydrogens is 463 g/mol. The van der Waals surface area contributed by atoms with Crippen molar-refractivity contribution in [1.29, 1.82) is 0 Å². The van der Waals surface area contributed by atoms with E-state index >= 15 is 0 Å². The van der Waals surface area contributed by atoms with Crippen LogP contribution in [-0.4, -0.2) is 27.6 Å². The summed E-state index contributed by atoms with van der Waals surface area (Å²) < 4.78 is 42.5. The van der Waals surface area contributed by atoms with Gasteiger partial charge < -0.3 is 15.2 Å². The van der Waals surface area contributed by atoms with E-state index in [1.54, 1.807) is 12.3 Å². The monoisotopic (exact) mass is 491 g/mol. The Morgan fingerprint density at radius 1 is 1.03 bits per heavy atom. The van der Waals surface area contributed by atoms with E-state index < -0.39 is 11.7 Å². The van der Waals surface area contributed by atoms with Crippen LogP contribution in [0.15, 0.2) is 72.9 Å². The van der Waals surface area contributed by atoms with Gasteiger partial charge in [0, 0.05) is 36.8 Å². The second kappa shape index (κ2) is 9.78. The highest BCUT2D eigenvalue weighted by Gasteiger charge is 2.31. The van der Waals surface area contributed by atoms with Gasteiger partial charge in [-0.2, -0.15) is 13.2 Å². The van der Waals surface area contributed by atoms with E-state index in [0.717, 1.165) is 48.2 Å². The Kier molecular flexibility index (Phi) is 6.53. The van der Waals surface area contributed by atoms with Gasteiger partial charge in [-0.15, -0.1) is 0 Å². The van der Waals surface area contributed by atoms with Crippen LogP contribution in [0.2, 0.25) is 0 Å². The van der Waals surface area contributed by atoms with Gasteiger partial charge in [-0.1, -0.05) is 42.5 Å². The molecule has 1 fully saturated rings. The minimum absolute atomic E-state index is 0.0325.